The Bertz CT molecular complexity index is 460. The molecule has 0 saturated heterocycles. The predicted octanol–water partition coefficient (Wildman–Crippen LogP) is 0.416. The summed E-state index contributed by atoms with van der Waals surface area (Å²) in [5.41, 5.74) is 7.20. The van der Waals surface area contributed by atoms with Crippen LogP contribution in [0, 0.1) is 0 Å². The summed E-state index contributed by atoms with van der Waals surface area (Å²) in [5, 5.41) is 8.20. The number of nitrogens with zero attached hydrogens (tertiary/aromatic N) is 4. The third-order valence-corrected chi connectivity index (χ3v) is 2.32. The largest absolute Gasteiger partial charge is 0.396 e. The minimum Gasteiger partial charge on any atom is -0.396 e. The molecular formula is C10H15N5. The molecule has 0 saturated carbocycles. The third kappa shape index (κ3) is 1.92. The topological polar surface area (TPSA) is 59.5 Å². The molecule has 2 aromatic rings. The van der Waals surface area contributed by atoms with Crippen molar-refractivity contribution in [2.24, 2.45) is 0 Å². The van der Waals surface area contributed by atoms with Gasteiger partial charge in [-0.3, -0.25) is 4.40 Å². The summed E-state index contributed by atoms with van der Waals surface area (Å²) in [6.07, 6.45) is 2.81. The van der Waals surface area contributed by atoms with Crippen LogP contribution in [0.3, 0.4) is 0 Å². The number of hydrogen-bond donors (Lipinski definition) is 1. The number of fused-ring (bicyclic) bond motifs is 1. The zero-order valence-electron chi connectivity index (χ0n) is 9.01. The molecule has 2 heterocycles. The lowest BCUT2D eigenvalue weighted by Crippen LogP contribution is -2.16. The molecule has 0 spiro atoms. The van der Waals surface area contributed by atoms with E-state index in [1.165, 1.54) is 0 Å². The maximum atomic E-state index is 5.79. The Morgan fingerprint density at radius 2 is 2.20 bits per heavy atom. The summed E-state index contributed by atoms with van der Waals surface area (Å²) in [7, 11) is 4.08. The number of nitrogens with two attached hydrogens (primary N) is 1. The van der Waals surface area contributed by atoms with E-state index in [0.717, 1.165) is 24.4 Å². The molecule has 2 aromatic heterocycles. The van der Waals surface area contributed by atoms with Crippen LogP contribution >= 0.6 is 0 Å². The summed E-state index contributed by atoms with van der Waals surface area (Å²) in [4.78, 5) is 2.12. The van der Waals surface area contributed by atoms with Crippen molar-refractivity contribution in [3.8, 4) is 0 Å². The molecular weight excluding hydrogens is 190 g/mol. The van der Waals surface area contributed by atoms with Gasteiger partial charge in [-0.05, 0) is 26.2 Å². The van der Waals surface area contributed by atoms with E-state index in [1.807, 2.05) is 36.8 Å². The van der Waals surface area contributed by atoms with E-state index in [9.17, 15) is 0 Å². The lowest BCUT2D eigenvalue weighted by atomic mass is 10.3. The van der Waals surface area contributed by atoms with Gasteiger partial charge in [0.05, 0.1) is 5.69 Å². The highest BCUT2D eigenvalue weighted by atomic mass is 15.3. The first-order valence-corrected chi connectivity index (χ1v) is 4.91. The van der Waals surface area contributed by atoms with Crippen molar-refractivity contribution >= 4 is 11.3 Å². The zero-order valence-corrected chi connectivity index (χ0v) is 9.01. The first kappa shape index (κ1) is 9.92. The summed E-state index contributed by atoms with van der Waals surface area (Å²) >= 11 is 0. The monoisotopic (exact) mass is 205 g/mol. The van der Waals surface area contributed by atoms with Crippen molar-refractivity contribution in [3.63, 3.8) is 0 Å². The van der Waals surface area contributed by atoms with Crippen LogP contribution in [0.4, 0.5) is 5.69 Å². The van der Waals surface area contributed by atoms with E-state index in [0.29, 0.717) is 5.69 Å². The van der Waals surface area contributed by atoms with Crippen LogP contribution < -0.4 is 5.73 Å². The normalized spacial score (nSPS) is 11.4. The first-order chi connectivity index (χ1) is 7.18. The van der Waals surface area contributed by atoms with Gasteiger partial charge in [0.25, 0.3) is 0 Å². The van der Waals surface area contributed by atoms with Gasteiger partial charge in [-0.2, -0.15) is 0 Å². The highest BCUT2D eigenvalue weighted by Crippen LogP contribution is 2.11. The van der Waals surface area contributed by atoms with E-state index < -0.39 is 0 Å². The number of rotatable bonds is 3. The van der Waals surface area contributed by atoms with E-state index >= 15 is 0 Å². The quantitative estimate of drug-likeness (QED) is 0.788. The fourth-order valence-electron chi connectivity index (χ4n) is 1.48. The summed E-state index contributed by atoms with van der Waals surface area (Å²) in [6.45, 7) is 0.954. The number of aromatic nitrogens is 3. The zero-order chi connectivity index (χ0) is 10.8. The van der Waals surface area contributed by atoms with Crippen LogP contribution in [0.25, 0.3) is 5.65 Å². The molecule has 0 amide bonds. The Kier molecular flexibility index (Phi) is 2.55. The number of likely N-dealkylation sites (N-methyl/N-ethyl adjacent to an activating group) is 1. The molecule has 0 aliphatic heterocycles. The molecule has 2 rings (SSSR count). The molecule has 80 valence electrons. The van der Waals surface area contributed by atoms with E-state index in [-0.39, 0.29) is 0 Å². The van der Waals surface area contributed by atoms with Gasteiger partial charge in [0.1, 0.15) is 5.82 Å². The number of pyridine rings is 1. The van der Waals surface area contributed by atoms with Crippen molar-refractivity contribution in [3.05, 3.63) is 24.2 Å². The van der Waals surface area contributed by atoms with Gasteiger partial charge in [0.15, 0.2) is 5.65 Å². The lowest BCUT2D eigenvalue weighted by molar-refractivity contribution is 0.409. The second-order valence-electron chi connectivity index (χ2n) is 3.83. The number of hydrogen-bond acceptors (Lipinski definition) is 4. The molecule has 0 aliphatic carbocycles. The van der Waals surface area contributed by atoms with Crippen LogP contribution in [0.1, 0.15) is 5.82 Å². The van der Waals surface area contributed by atoms with Gasteiger partial charge in [-0.15, -0.1) is 10.2 Å². The molecule has 0 bridgehead atoms. The molecule has 5 heteroatoms. The van der Waals surface area contributed by atoms with Crippen molar-refractivity contribution in [2.45, 2.75) is 6.42 Å². The Balaban J connectivity index is 2.33. The van der Waals surface area contributed by atoms with E-state index in [4.69, 9.17) is 5.73 Å². The smallest absolute Gasteiger partial charge is 0.183 e. The molecule has 2 N–H and O–H groups in total. The average Bonchev–Trinajstić information content (AvgIpc) is 2.59. The van der Waals surface area contributed by atoms with Gasteiger partial charge in [0, 0.05) is 19.2 Å². The van der Waals surface area contributed by atoms with Crippen molar-refractivity contribution in [1.29, 1.82) is 0 Å². The van der Waals surface area contributed by atoms with Crippen LogP contribution in [-0.2, 0) is 6.42 Å². The highest BCUT2D eigenvalue weighted by Gasteiger charge is 2.06. The van der Waals surface area contributed by atoms with Crippen LogP contribution in [-0.4, -0.2) is 40.1 Å². The van der Waals surface area contributed by atoms with E-state index in [1.54, 1.807) is 0 Å². The third-order valence-electron chi connectivity index (χ3n) is 2.32. The first-order valence-electron chi connectivity index (χ1n) is 4.91. The molecule has 0 aliphatic rings. The highest BCUT2D eigenvalue weighted by molar-refractivity contribution is 5.63. The van der Waals surface area contributed by atoms with Crippen LogP contribution in [0.15, 0.2) is 18.3 Å². The Morgan fingerprint density at radius 1 is 1.40 bits per heavy atom. The Morgan fingerprint density at radius 3 is 2.93 bits per heavy atom. The van der Waals surface area contributed by atoms with Crippen molar-refractivity contribution in [1.82, 2.24) is 19.5 Å². The minimum atomic E-state index is 0.668. The number of nitrogen functional groups attached to an aromatic ring is 1. The SMILES string of the molecule is CN(C)CCc1nnc2c(N)cccn12. The lowest BCUT2D eigenvalue weighted by Gasteiger charge is -2.07. The van der Waals surface area contributed by atoms with Crippen molar-refractivity contribution < 1.29 is 0 Å². The van der Waals surface area contributed by atoms with Gasteiger partial charge >= 0.3 is 0 Å². The summed E-state index contributed by atoms with van der Waals surface area (Å²) < 4.78 is 1.94. The number of anilines is 1. The van der Waals surface area contributed by atoms with E-state index in [2.05, 4.69) is 15.1 Å². The van der Waals surface area contributed by atoms with Crippen LogP contribution in [0.5, 0.6) is 0 Å². The fraction of sp³-hybridized carbons (Fsp3) is 0.400. The van der Waals surface area contributed by atoms with Gasteiger partial charge < -0.3 is 10.6 Å². The molecule has 0 radical (unpaired) electrons. The van der Waals surface area contributed by atoms with Gasteiger partial charge in [0.2, 0.25) is 0 Å². The standard InChI is InChI=1S/C10H15N5/c1-14(2)7-5-9-12-13-10-8(11)4-3-6-15(9)10/h3-4,6H,5,7,11H2,1-2H3. The average molecular weight is 205 g/mol. The molecule has 5 nitrogen and oxygen atoms in total. The molecule has 0 unspecified atom stereocenters. The van der Waals surface area contributed by atoms with Gasteiger partial charge in [-0.1, -0.05) is 0 Å². The molecule has 15 heavy (non-hydrogen) atoms. The minimum absolute atomic E-state index is 0.668. The van der Waals surface area contributed by atoms with Crippen molar-refractivity contribution in [2.75, 3.05) is 26.4 Å². The maximum Gasteiger partial charge on any atom is 0.183 e. The maximum absolute atomic E-state index is 5.79. The fourth-order valence-corrected chi connectivity index (χ4v) is 1.48. The predicted molar refractivity (Wildman–Crippen MR) is 59.7 cm³/mol. The van der Waals surface area contributed by atoms with Gasteiger partial charge in [-0.25, -0.2) is 0 Å². The second-order valence-corrected chi connectivity index (χ2v) is 3.83. The second kappa shape index (κ2) is 3.86. The van der Waals surface area contributed by atoms with Crippen LogP contribution in [0.2, 0.25) is 0 Å². The Hall–Kier alpha value is -1.62. The Labute approximate surface area is 88.5 Å². The molecule has 0 aromatic carbocycles. The molecule has 0 fully saturated rings. The summed E-state index contributed by atoms with van der Waals surface area (Å²) in [5.74, 6) is 0.950. The summed E-state index contributed by atoms with van der Waals surface area (Å²) in [6, 6.07) is 3.74. The molecule has 0 atom stereocenters.